The second-order valence-corrected chi connectivity index (χ2v) is 15.5. The summed E-state index contributed by atoms with van der Waals surface area (Å²) in [5.41, 5.74) is 4.81. The molecule has 6 rings (SSSR count). The number of ether oxygens (including phenoxy) is 2. The molecular weight excluding hydrogens is 675 g/mol. The lowest BCUT2D eigenvalue weighted by Gasteiger charge is -2.39. The Kier molecular flexibility index (Phi) is 12.7. The predicted molar refractivity (Wildman–Crippen MR) is 203 cm³/mol. The van der Waals surface area contributed by atoms with Gasteiger partial charge in [-0.15, -0.1) is 6.58 Å². The van der Waals surface area contributed by atoms with Crippen molar-refractivity contribution in [2.75, 3.05) is 18.4 Å². The molecular formula is C42H49N3O6S. The first-order chi connectivity index (χ1) is 25.2. The van der Waals surface area contributed by atoms with E-state index in [4.69, 9.17) is 9.47 Å². The number of aliphatic hydroxyl groups is 1. The third-order valence-electron chi connectivity index (χ3n) is 9.91. The SMILES string of the molecule is C=CCN(C[C@H]1C[C@@H](c2ccc(CO)cc2)O[C@@H](c2cccc(NC(=O)[C@@H](Cc3ccccc3)NS(=O)(=O)c3ccc(C)cc3)c2)O1)C1CCCC1. The number of benzene rings is 4. The number of amides is 1. The predicted octanol–water partition coefficient (Wildman–Crippen LogP) is 6.99. The molecule has 0 aromatic heterocycles. The van der Waals surface area contributed by atoms with Crippen molar-refractivity contribution in [2.24, 2.45) is 0 Å². The van der Waals surface area contributed by atoms with Gasteiger partial charge in [0.15, 0.2) is 6.29 Å². The Labute approximate surface area is 307 Å². The molecule has 52 heavy (non-hydrogen) atoms. The molecule has 1 heterocycles. The number of aliphatic hydroxyl groups excluding tert-OH is 1. The molecule has 0 bridgehead atoms. The molecule has 1 amide bonds. The van der Waals surface area contributed by atoms with E-state index in [0.29, 0.717) is 18.2 Å². The smallest absolute Gasteiger partial charge is 0.242 e. The van der Waals surface area contributed by atoms with E-state index in [0.717, 1.165) is 40.9 Å². The maximum atomic E-state index is 13.9. The van der Waals surface area contributed by atoms with E-state index in [1.165, 1.54) is 37.8 Å². The molecule has 2 fully saturated rings. The molecule has 1 saturated carbocycles. The normalized spacial score (nSPS) is 20.1. The van der Waals surface area contributed by atoms with Crippen LogP contribution in [0.1, 0.15) is 72.3 Å². The van der Waals surface area contributed by atoms with Crippen LogP contribution in [0, 0.1) is 6.92 Å². The molecule has 10 heteroatoms. The van der Waals surface area contributed by atoms with Crippen LogP contribution in [0.25, 0.3) is 0 Å². The molecule has 1 aliphatic heterocycles. The van der Waals surface area contributed by atoms with Gasteiger partial charge in [0.05, 0.1) is 23.7 Å². The maximum Gasteiger partial charge on any atom is 0.242 e. The van der Waals surface area contributed by atoms with Crippen molar-refractivity contribution in [3.63, 3.8) is 0 Å². The minimum atomic E-state index is -4.00. The van der Waals surface area contributed by atoms with Gasteiger partial charge in [0.2, 0.25) is 15.9 Å². The van der Waals surface area contributed by atoms with Gasteiger partial charge in [0, 0.05) is 36.8 Å². The molecule has 0 unspecified atom stereocenters. The summed E-state index contributed by atoms with van der Waals surface area (Å²) in [4.78, 5) is 16.4. The minimum absolute atomic E-state index is 0.0316. The van der Waals surface area contributed by atoms with Gasteiger partial charge in [-0.2, -0.15) is 4.72 Å². The number of nitrogens with one attached hydrogen (secondary N) is 2. The van der Waals surface area contributed by atoms with E-state index in [-0.39, 0.29) is 30.1 Å². The van der Waals surface area contributed by atoms with Crippen LogP contribution in [-0.2, 0) is 37.3 Å². The summed E-state index contributed by atoms with van der Waals surface area (Å²) in [7, 11) is -4.00. The summed E-state index contributed by atoms with van der Waals surface area (Å²) in [5.74, 6) is -0.487. The summed E-state index contributed by atoms with van der Waals surface area (Å²) in [6, 6.07) is 30.4. The Balaban J connectivity index is 1.23. The lowest BCUT2D eigenvalue weighted by atomic mass is 9.99. The zero-order valence-corrected chi connectivity index (χ0v) is 30.5. The first kappa shape index (κ1) is 37.6. The quantitative estimate of drug-likeness (QED) is 0.113. The third kappa shape index (κ3) is 9.83. The van der Waals surface area contributed by atoms with Gasteiger partial charge in [-0.25, -0.2) is 8.42 Å². The summed E-state index contributed by atoms with van der Waals surface area (Å²) < 4.78 is 42.8. The average molecular weight is 724 g/mol. The van der Waals surface area contributed by atoms with Gasteiger partial charge in [-0.05, 0) is 67.1 Å². The third-order valence-corrected chi connectivity index (χ3v) is 11.4. The number of carbonyl (C=O) groups is 1. The molecule has 4 atom stereocenters. The highest BCUT2D eigenvalue weighted by molar-refractivity contribution is 7.89. The maximum absolute atomic E-state index is 13.9. The minimum Gasteiger partial charge on any atom is -0.392 e. The van der Waals surface area contributed by atoms with Crippen LogP contribution in [-0.4, -0.2) is 55.6 Å². The summed E-state index contributed by atoms with van der Waals surface area (Å²) >= 11 is 0. The van der Waals surface area contributed by atoms with Crippen molar-refractivity contribution in [1.82, 2.24) is 9.62 Å². The second-order valence-electron chi connectivity index (χ2n) is 13.8. The molecule has 4 aromatic rings. The van der Waals surface area contributed by atoms with Crippen LogP contribution in [0.15, 0.2) is 121 Å². The molecule has 4 aromatic carbocycles. The first-order valence-electron chi connectivity index (χ1n) is 18.1. The number of aryl methyl sites for hydroxylation is 1. The van der Waals surface area contributed by atoms with E-state index < -0.39 is 28.3 Å². The number of hydrogen-bond acceptors (Lipinski definition) is 7. The fraction of sp³-hybridized carbons (Fsp3) is 0.357. The number of hydrogen-bond donors (Lipinski definition) is 3. The largest absolute Gasteiger partial charge is 0.392 e. The van der Waals surface area contributed by atoms with Crippen LogP contribution >= 0.6 is 0 Å². The molecule has 0 radical (unpaired) electrons. The number of carbonyl (C=O) groups excluding carboxylic acids is 1. The van der Waals surface area contributed by atoms with Crippen molar-refractivity contribution in [1.29, 1.82) is 0 Å². The van der Waals surface area contributed by atoms with Crippen molar-refractivity contribution >= 4 is 21.6 Å². The molecule has 3 N–H and O–H groups in total. The zero-order valence-electron chi connectivity index (χ0n) is 29.7. The topological polar surface area (TPSA) is 117 Å². The van der Waals surface area contributed by atoms with Gasteiger partial charge in [-0.1, -0.05) is 103 Å². The van der Waals surface area contributed by atoms with Gasteiger partial charge in [0.1, 0.15) is 6.04 Å². The van der Waals surface area contributed by atoms with Crippen LogP contribution < -0.4 is 10.0 Å². The molecule has 9 nitrogen and oxygen atoms in total. The molecule has 0 spiro atoms. The van der Waals surface area contributed by atoms with Crippen molar-refractivity contribution in [3.05, 3.63) is 144 Å². The highest BCUT2D eigenvalue weighted by Gasteiger charge is 2.35. The Morgan fingerprint density at radius 3 is 2.35 bits per heavy atom. The lowest BCUT2D eigenvalue weighted by Crippen LogP contribution is -2.45. The van der Waals surface area contributed by atoms with E-state index in [9.17, 15) is 18.3 Å². The first-order valence-corrected chi connectivity index (χ1v) is 19.6. The fourth-order valence-electron chi connectivity index (χ4n) is 7.11. The van der Waals surface area contributed by atoms with Gasteiger partial charge in [0.25, 0.3) is 0 Å². The van der Waals surface area contributed by atoms with Gasteiger partial charge < -0.3 is 19.9 Å². The van der Waals surface area contributed by atoms with Crippen LogP contribution in [0.5, 0.6) is 0 Å². The van der Waals surface area contributed by atoms with E-state index in [1.807, 2.05) is 85.8 Å². The fourth-order valence-corrected chi connectivity index (χ4v) is 8.30. The van der Waals surface area contributed by atoms with Crippen molar-refractivity contribution in [3.8, 4) is 0 Å². The molecule has 1 aliphatic carbocycles. The Morgan fingerprint density at radius 1 is 0.923 bits per heavy atom. The monoisotopic (exact) mass is 723 g/mol. The standard InChI is InChI=1S/C42H49N3O6S/c1-3-24-45(36-14-7-8-15-36)28-37-27-40(33-20-18-32(29-46)19-21-33)51-42(50-37)34-12-9-13-35(26-34)43-41(47)39(25-31-10-5-4-6-11-31)44-52(48,49)38-22-16-30(2)17-23-38/h3-6,9-13,16-23,26,36-37,39-40,42,44,46H,1,7-8,14-15,24-25,27-29H2,2H3,(H,43,47)/t37-,39-,40+,42+/m1/s1. The Bertz CT molecular complexity index is 1880. The summed E-state index contributed by atoms with van der Waals surface area (Å²) in [6.45, 7) is 7.39. The lowest BCUT2D eigenvalue weighted by molar-refractivity contribution is -0.253. The second kappa shape index (κ2) is 17.6. The Hall–Kier alpha value is -4.16. The average Bonchev–Trinajstić information content (AvgIpc) is 3.70. The number of nitrogens with zero attached hydrogens (tertiary/aromatic N) is 1. The van der Waals surface area contributed by atoms with Crippen molar-refractivity contribution < 1.29 is 27.8 Å². The van der Waals surface area contributed by atoms with Gasteiger partial charge in [-0.3, -0.25) is 9.69 Å². The van der Waals surface area contributed by atoms with Crippen LogP contribution in [0.3, 0.4) is 0 Å². The van der Waals surface area contributed by atoms with E-state index in [2.05, 4.69) is 21.5 Å². The van der Waals surface area contributed by atoms with E-state index >= 15 is 0 Å². The Morgan fingerprint density at radius 2 is 1.65 bits per heavy atom. The highest BCUT2D eigenvalue weighted by Crippen LogP contribution is 2.39. The molecule has 1 saturated heterocycles. The van der Waals surface area contributed by atoms with E-state index in [1.54, 1.807) is 18.2 Å². The van der Waals surface area contributed by atoms with Crippen LogP contribution in [0.4, 0.5) is 5.69 Å². The molecule has 2 aliphatic rings. The highest BCUT2D eigenvalue weighted by atomic mass is 32.2. The number of anilines is 1. The molecule has 274 valence electrons. The van der Waals surface area contributed by atoms with Crippen LogP contribution in [0.2, 0.25) is 0 Å². The number of rotatable bonds is 15. The summed E-state index contributed by atoms with van der Waals surface area (Å²) in [6.07, 6.45) is 6.47. The van der Waals surface area contributed by atoms with Gasteiger partial charge >= 0.3 is 0 Å². The summed E-state index contributed by atoms with van der Waals surface area (Å²) in [5, 5.41) is 12.6. The number of sulfonamides is 1. The zero-order chi connectivity index (χ0) is 36.5. The van der Waals surface area contributed by atoms with Crippen molar-refractivity contribution in [2.45, 2.75) is 87.5 Å².